The molecule has 0 aliphatic heterocycles. The summed E-state index contributed by atoms with van der Waals surface area (Å²) in [6, 6.07) is 8.22. The number of amides is 1. The summed E-state index contributed by atoms with van der Waals surface area (Å²) in [6.07, 6.45) is 2.54. The van der Waals surface area contributed by atoms with Crippen molar-refractivity contribution < 1.29 is 9.53 Å². The van der Waals surface area contributed by atoms with Gasteiger partial charge in [0.25, 0.3) is 0 Å². The van der Waals surface area contributed by atoms with Crippen LogP contribution in [0.15, 0.2) is 24.3 Å². The predicted octanol–water partition coefficient (Wildman–Crippen LogP) is 3.12. The third-order valence-corrected chi connectivity index (χ3v) is 3.54. The molecule has 1 amide bonds. The van der Waals surface area contributed by atoms with Crippen LogP contribution in [-0.4, -0.2) is 25.7 Å². The molecule has 1 aromatic rings. The minimum Gasteiger partial charge on any atom is -0.383 e. The molecule has 4 heteroatoms. The lowest BCUT2D eigenvalue weighted by Crippen LogP contribution is -2.27. The Balaban J connectivity index is 1.99. The standard InChI is InChI=1S/C16H24N2O2/c1-11(2)16(19)18-14-6-4-5-13(9-14)17-15(10-20-3)12-7-8-12/h4-6,9,11-12,15,17H,7-8,10H2,1-3H3,(H,18,19). The monoisotopic (exact) mass is 276 g/mol. The molecule has 2 N–H and O–H groups in total. The van der Waals surface area contributed by atoms with E-state index in [2.05, 4.69) is 10.6 Å². The van der Waals surface area contributed by atoms with Crippen molar-refractivity contribution in [2.24, 2.45) is 11.8 Å². The number of methoxy groups -OCH3 is 1. The van der Waals surface area contributed by atoms with E-state index in [4.69, 9.17) is 4.74 Å². The summed E-state index contributed by atoms with van der Waals surface area (Å²) < 4.78 is 5.27. The van der Waals surface area contributed by atoms with Gasteiger partial charge in [0.1, 0.15) is 0 Å². The maximum absolute atomic E-state index is 11.7. The van der Waals surface area contributed by atoms with E-state index in [1.165, 1.54) is 12.8 Å². The summed E-state index contributed by atoms with van der Waals surface area (Å²) in [5.74, 6) is 0.737. The van der Waals surface area contributed by atoms with Crippen molar-refractivity contribution in [1.82, 2.24) is 0 Å². The van der Waals surface area contributed by atoms with Crippen molar-refractivity contribution in [1.29, 1.82) is 0 Å². The van der Waals surface area contributed by atoms with E-state index in [0.29, 0.717) is 18.6 Å². The molecule has 20 heavy (non-hydrogen) atoms. The average Bonchev–Trinajstić information content (AvgIpc) is 3.23. The molecule has 1 aromatic carbocycles. The first-order chi connectivity index (χ1) is 9.60. The van der Waals surface area contributed by atoms with Crippen LogP contribution in [0, 0.1) is 11.8 Å². The lowest BCUT2D eigenvalue weighted by atomic mass is 10.1. The molecule has 2 rings (SSSR count). The minimum atomic E-state index is -0.0145. The molecular weight excluding hydrogens is 252 g/mol. The molecule has 1 aliphatic carbocycles. The lowest BCUT2D eigenvalue weighted by Gasteiger charge is -2.19. The maximum atomic E-state index is 11.7. The van der Waals surface area contributed by atoms with Gasteiger partial charge in [-0.2, -0.15) is 0 Å². The fourth-order valence-electron chi connectivity index (χ4n) is 2.16. The maximum Gasteiger partial charge on any atom is 0.226 e. The van der Waals surface area contributed by atoms with Crippen molar-refractivity contribution in [3.63, 3.8) is 0 Å². The number of anilines is 2. The molecule has 0 bridgehead atoms. The molecule has 110 valence electrons. The number of rotatable bonds is 7. The highest BCUT2D eigenvalue weighted by Gasteiger charge is 2.31. The first kappa shape index (κ1) is 14.9. The van der Waals surface area contributed by atoms with Crippen LogP contribution in [0.4, 0.5) is 11.4 Å². The molecule has 1 fully saturated rings. The summed E-state index contributed by atoms with van der Waals surface area (Å²) in [7, 11) is 1.73. The Morgan fingerprint density at radius 3 is 2.65 bits per heavy atom. The average molecular weight is 276 g/mol. The third-order valence-electron chi connectivity index (χ3n) is 3.54. The second kappa shape index (κ2) is 6.75. The van der Waals surface area contributed by atoms with Crippen LogP contribution in [0.1, 0.15) is 26.7 Å². The Morgan fingerprint density at radius 1 is 1.35 bits per heavy atom. The molecule has 1 atom stereocenters. The van der Waals surface area contributed by atoms with Gasteiger partial charge in [0, 0.05) is 24.4 Å². The van der Waals surface area contributed by atoms with Gasteiger partial charge in [-0.15, -0.1) is 0 Å². The van der Waals surface area contributed by atoms with E-state index in [1.807, 2.05) is 38.1 Å². The second-order valence-corrected chi connectivity index (χ2v) is 5.77. The molecule has 0 aromatic heterocycles. The van der Waals surface area contributed by atoms with Crippen LogP contribution in [0.25, 0.3) is 0 Å². The van der Waals surface area contributed by atoms with Gasteiger partial charge in [-0.1, -0.05) is 19.9 Å². The highest BCUT2D eigenvalue weighted by Crippen LogP contribution is 2.34. The second-order valence-electron chi connectivity index (χ2n) is 5.77. The molecule has 0 saturated heterocycles. The Bertz CT molecular complexity index is 456. The molecule has 0 heterocycles. The number of ether oxygens (including phenoxy) is 1. The number of carbonyl (C=O) groups excluding carboxylic acids is 1. The number of hydrogen-bond donors (Lipinski definition) is 2. The summed E-state index contributed by atoms with van der Waals surface area (Å²) in [6.45, 7) is 4.49. The number of nitrogens with one attached hydrogen (secondary N) is 2. The number of benzene rings is 1. The van der Waals surface area contributed by atoms with E-state index < -0.39 is 0 Å². The summed E-state index contributed by atoms with van der Waals surface area (Å²) in [4.78, 5) is 11.7. The van der Waals surface area contributed by atoms with Crippen molar-refractivity contribution in [3.8, 4) is 0 Å². The normalized spacial score (nSPS) is 16.0. The largest absolute Gasteiger partial charge is 0.383 e. The fraction of sp³-hybridized carbons (Fsp3) is 0.562. The Labute approximate surface area is 120 Å². The van der Waals surface area contributed by atoms with E-state index in [-0.39, 0.29) is 11.8 Å². The zero-order valence-corrected chi connectivity index (χ0v) is 12.5. The van der Waals surface area contributed by atoms with Crippen LogP contribution < -0.4 is 10.6 Å². The van der Waals surface area contributed by atoms with Crippen molar-refractivity contribution >= 4 is 17.3 Å². The van der Waals surface area contributed by atoms with Crippen LogP contribution in [0.5, 0.6) is 0 Å². The zero-order valence-electron chi connectivity index (χ0n) is 12.5. The predicted molar refractivity (Wildman–Crippen MR) is 81.9 cm³/mol. The van der Waals surface area contributed by atoms with Crippen molar-refractivity contribution in [3.05, 3.63) is 24.3 Å². The van der Waals surface area contributed by atoms with Gasteiger partial charge in [-0.3, -0.25) is 4.79 Å². The van der Waals surface area contributed by atoms with E-state index in [1.54, 1.807) is 7.11 Å². The van der Waals surface area contributed by atoms with Gasteiger partial charge in [0.05, 0.1) is 12.6 Å². The molecule has 1 unspecified atom stereocenters. The first-order valence-corrected chi connectivity index (χ1v) is 7.26. The summed E-state index contributed by atoms with van der Waals surface area (Å²) in [5, 5.41) is 6.43. The van der Waals surface area contributed by atoms with Crippen molar-refractivity contribution in [2.75, 3.05) is 24.4 Å². The molecule has 0 spiro atoms. The topological polar surface area (TPSA) is 50.4 Å². The van der Waals surface area contributed by atoms with Gasteiger partial charge in [-0.05, 0) is 37.0 Å². The molecule has 0 radical (unpaired) electrons. The van der Waals surface area contributed by atoms with E-state index in [0.717, 1.165) is 11.4 Å². The smallest absolute Gasteiger partial charge is 0.226 e. The lowest BCUT2D eigenvalue weighted by molar-refractivity contribution is -0.118. The highest BCUT2D eigenvalue weighted by atomic mass is 16.5. The minimum absolute atomic E-state index is 0.0145. The van der Waals surface area contributed by atoms with Crippen molar-refractivity contribution in [2.45, 2.75) is 32.7 Å². The van der Waals surface area contributed by atoms with Crippen LogP contribution in [-0.2, 0) is 9.53 Å². The molecular formula is C16H24N2O2. The van der Waals surface area contributed by atoms with Crippen LogP contribution >= 0.6 is 0 Å². The first-order valence-electron chi connectivity index (χ1n) is 7.26. The Hall–Kier alpha value is -1.55. The number of hydrogen-bond acceptors (Lipinski definition) is 3. The van der Waals surface area contributed by atoms with Crippen LogP contribution in [0.2, 0.25) is 0 Å². The Morgan fingerprint density at radius 2 is 2.05 bits per heavy atom. The van der Waals surface area contributed by atoms with Gasteiger partial charge < -0.3 is 15.4 Å². The zero-order chi connectivity index (χ0) is 14.5. The molecule has 1 saturated carbocycles. The third kappa shape index (κ3) is 4.23. The SMILES string of the molecule is COCC(Nc1cccc(NC(=O)C(C)C)c1)C1CC1. The van der Waals surface area contributed by atoms with E-state index in [9.17, 15) is 4.79 Å². The number of carbonyl (C=O) groups is 1. The molecule has 4 nitrogen and oxygen atoms in total. The highest BCUT2D eigenvalue weighted by molar-refractivity contribution is 5.92. The Kier molecular flexibility index (Phi) is 5.01. The fourth-order valence-corrected chi connectivity index (χ4v) is 2.16. The quantitative estimate of drug-likeness (QED) is 0.804. The van der Waals surface area contributed by atoms with Gasteiger partial charge in [0.2, 0.25) is 5.91 Å². The summed E-state index contributed by atoms with van der Waals surface area (Å²) in [5.41, 5.74) is 1.86. The van der Waals surface area contributed by atoms with Crippen LogP contribution in [0.3, 0.4) is 0 Å². The van der Waals surface area contributed by atoms with E-state index >= 15 is 0 Å². The van der Waals surface area contributed by atoms with Gasteiger partial charge in [0.15, 0.2) is 0 Å². The van der Waals surface area contributed by atoms with Gasteiger partial charge in [-0.25, -0.2) is 0 Å². The van der Waals surface area contributed by atoms with Gasteiger partial charge >= 0.3 is 0 Å². The molecule has 1 aliphatic rings. The summed E-state index contributed by atoms with van der Waals surface area (Å²) >= 11 is 0.